The molecule has 1 aromatic carbocycles. The molecule has 19 heavy (non-hydrogen) atoms. The van der Waals surface area contributed by atoms with Crippen LogP contribution in [-0.4, -0.2) is 31.1 Å². The Balaban J connectivity index is 1.69. The molecular weight excluding hydrogens is 266 g/mol. The minimum atomic E-state index is -0.479. The van der Waals surface area contributed by atoms with Crippen molar-refractivity contribution in [1.82, 2.24) is 0 Å². The van der Waals surface area contributed by atoms with Crippen LogP contribution in [0.1, 0.15) is 19.3 Å². The standard InChI is InChI=1S/C14H18ClNO3/c15-10-1-3-11(4-2-10)19-13-9-14(6-5-12(13)16)17-7-8-18-14/h1-4,12-13H,5-9,16H2. The van der Waals surface area contributed by atoms with Crippen LogP contribution in [0.4, 0.5) is 0 Å². The van der Waals surface area contributed by atoms with Crippen LogP contribution in [0.25, 0.3) is 0 Å². The number of halogens is 1. The highest BCUT2D eigenvalue weighted by molar-refractivity contribution is 6.30. The Kier molecular flexibility index (Phi) is 3.67. The minimum absolute atomic E-state index is 0.00843. The Labute approximate surface area is 117 Å². The van der Waals surface area contributed by atoms with Gasteiger partial charge in [0, 0.05) is 23.9 Å². The first kappa shape index (κ1) is 13.2. The summed E-state index contributed by atoms with van der Waals surface area (Å²) in [7, 11) is 0. The molecule has 0 amide bonds. The number of nitrogens with two attached hydrogens (primary N) is 1. The van der Waals surface area contributed by atoms with E-state index in [-0.39, 0.29) is 12.1 Å². The molecule has 5 heteroatoms. The lowest BCUT2D eigenvalue weighted by Gasteiger charge is -2.39. The monoisotopic (exact) mass is 283 g/mol. The lowest BCUT2D eigenvalue weighted by Crippen LogP contribution is -2.51. The molecule has 2 atom stereocenters. The molecule has 1 spiro atoms. The summed E-state index contributed by atoms with van der Waals surface area (Å²) in [4.78, 5) is 0. The Morgan fingerprint density at radius 1 is 1.21 bits per heavy atom. The number of hydrogen-bond acceptors (Lipinski definition) is 4. The van der Waals surface area contributed by atoms with E-state index in [9.17, 15) is 0 Å². The van der Waals surface area contributed by atoms with Crippen LogP contribution >= 0.6 is 11.6 Å². The van der Waals surface area contributed by atoms with Crippen LogP contribution in [0, 0.1) is 0 Å². The Morgan fingerprint density at radius 2 is 1.89 bits per heavy atom. The second-order valence-electron chi connectivity index (χ2n) is 5.12. The van der Waals surface area contributed by atoms with Crippen LogP contribution in [0.15, 0.2) is 24.3 Å². The van der Waals surface area contributed by atoms with Gasteiger partial charge in [0.15, 0.2) is 5.79 Å². The van der Waals surface area contributed by atoms with Crippen molar-refractivity contribution in [2.45, 2.75) is 37.2 Å². The normalized spacial score (nSPS) is 29.6. The molecule has 1 aliphatic carbocycles. The average Bonchev–Trinajstić information content (AvgIpc) is 2.85. The highest BCUT2D eigenvalue weighted by atomic mass is 35.5. The first-order chi connectivity index (χ1) is 9.17. The molecule has 2 N–H and O–H groups in total. The number of hydrogen-bond donors (Lipinski definition) is 1. The van der Waals surface area contributed by atoms with E-state index in [1.54, 1.807) is 0 Å². The molecule has 1 aliphatic heterocycles. The Bertz CT molecular complexity index is 431. The maximum absolute atomic E-state index is 6.15. The van der Waals surface area contributed by atoms with Crippen molar-refractivity contribution >= 4 is 11.6 Å². The van der Waals surface area contributed by atoms with Crippen molar-refractivity contribution in [1.29, 1.82) is 0 Å². The van der Waals surface area contributed by atoms with Crippen molar-refractivity contribution in [3.05, 3.63) is 29.3 Å². The van der Waals surface area contributed by atoms with E-state index in [2.05, 4.69) is 0 Å². The first-order valence-corrected chi connectivity index (χ1v) is 7.00. The Morgan fingerprint density at radius 3 is 2.58 bits per heavy atom. The molecule has 0 radical (unpaired) electrons. The number of rotatable bonds is 2. The molecule has 0 aromatic heterocycles. The second kappa shape index (κ2) is 5.29. The number of benzene rings is 1. The third-order valence-corrected chi connectivity index (χ3v) is 4.01. The summed E-state index contributed by atoms with van der Waals surface area (Å²) in [5.74, 6) is 0.298. The molecule has 4 nitrogen and oxygen atoms in total. The van der Waals surface area contributed by atoms with Gasteiger partial charge in [-0.25, -0.2) is 0 Å². The summed E-state index contributed by atoms with van der Waals surface area (Å²) in [5.41, 5.74) is 6.15. The minimum Gasteiger partial charge on any atom is -0.489 e. The summed E-state index contributed by atoms with van der Waals surface area (Å²) in [6.45, 7) is 1.31. The van der Waals surface area contributed by atoms with Gasteiger partial charge in [-0.05, 0) is 30.7 Å². The van der Waals surface area contributed by atoms with E-state index in [1.807, 2.05) is 24.3 Å². The summed E-state index contributed by atoms with van der Waals surface area (Å²) in [6.07, 6.45) is 2.27. The molecular formula is C14H18ClNO3. The van der Waals surface area contributed by atoms with Crippen LogP contribution in [0.3, 0.4) is 0 Å². The van der Waals surface area contributed by atoms with Gasteiger partial charge in [0.2, 0.25) is 0 Å². The predicted octanol–water partition coefficient (Wildman–Crippen LogP) is 2.34. The van der Waals surface area contributed by atoms with Gasteiger partial charge in [0.1, 0.15) is 11.9 Å². The van der Waals surface area contributed by atoms with E-state index in [0.29, 0.717) is 24.7 Å². The van der Waals surface area contributed by atoms with E-state index in [4.69, 9.17) is 31.5 Å². The highest BCUT2D eigenvalue weighted by Gasteiger charge is 2.45. The van der Waals surface area contributed by atoms with Gasteiger partial charge in [-0.1, -0.05) is 11.6 Å². The topological polar surface area (TPSA) is 53.7 Å². The van der Waals surface area contributed by atoms with Gasteiger partial charge in [-0.3, -0.25) is 0 Å². The van der Waals surface area contributed by atoms with Gasteiger partial charge in [0.05, 0.1) is 13.2 Å². The summed E-state index contributed by atoms with van der Waals surface area (Å²) >= 11 is 5.86. The first-order valence-electron chi connectivity index (χ1n) is 6.63. The zero-order valence-electron chi connectivity index (χ0n) is 10.7. The van der Waals surface area contributed by atoms with Crippen LogP contribution in [0.2, 0.25) is 5.02 Å². The molecule has 1 saturated carbocycles. The van der Waals surface area contributed by atoms with Crippen molar-refractivity contribution < 1.29 is 14.2 Å². The molecule has 2 unspecified atom stereocenters. The third-order valence-electron chi connectivity index (χ3n) is 3.76. The smallest absolute Gasteiger partial charge is 0.172 e. The van der Waals surface area contributed by atoms with Crippen LogP contribution in [0.5, 0.6) is 5.75 Å². The van der Waals surface area contributed by atoms with E-state index < -0.39 is 5.79 Å². The van der Waals surface area contributed by atoms with Crippen molar-refractivity contribution in [3.63, 3.8) is 0 Å². The third kappa shape index (κ3) is 2.87. The molecule has 3 rings (SSSR count). The molecule has 1 heterocycles. The van der Waals surface area contributed by atoms with E-state index >= 15 is 0 Å². The van der Waals surface area contributed by atoms with Crippen molar-refractivity contribution in [2.75, 3.05) is 13.2 Å². The highest BCUT2D eigenvalue weighted by Crippen LogP contribution is 2.37. The maximum Gasteiger partial charge on any atom is 0.172 e. The zero-order valence-corrected chi connectivity index (χ0v) is 11.4. The van der Waals surface area contributed by atoms with Gasteiger partial charge in [0.25, 0.3) is 0 Å². The lowest BCUT2D eigenvalue weighted by atomic mass is 9.88. The molecule has 1 saturated heterocycles. The fourth-order valence-corrected chi connectivity index (χ4v) is 2.83. The Hall–Kier alpha value is -0.810. The van der Waals surface area contributed by atoms with E-state index in [0.717, 1.165) is 18.6 Å². The fourth-order valence-electron chi connectivity index (χ4n) is 2.71. The molecule has 1 aromatic rings. The van der Waals surface area contributed by atoms with Crippen molar-refractivity contribution in [2.24, 2.45) is 5.73 Å². The van der Waals surface area contributed by atoms with Gasteiger partial charge in [-0.2, -0.15) is 0 Å². The second-order valence-corrected chi connectivity index (χ2v) is 5.56. The predicted molar refractivity (Wildman–Crippen MR) is 72.3 cm³/mol. The van der Waals surface area contributed by atoms with Gasteiger partial charge < -0.3 is 19.9 Å². The molecule has 2 aliphatic rings. The van der Waals surface area contributed by atoms with Crippen LogP contribution in [-0.2, 0) is 9.47 Å². The summed E-state index contributed by atoms with van der Waals surface area (Å²) < 4.78 is 17.4. The maximum atomic E-state index is 6.15. The van der Waals surface area contributed by atoms with Gasteiger partial charge >= 0.3 is 0 Å². The molecule has 104 valence electrons. The number of ether oxygens (including phenoxy) is 3. The SMILES string of the molecule is NC1CCC2(CC1Oc1ccc(Cl)cc1)OCCO2. The summed E-state index contributed by atoms with van der Waals surface area (Å²) in [5, 5.41) is 0.694. The van der Waals surface area contributed by atoms with Crippen LogP contribution < -0.4 is 10.5 Å². The largest absolute Gasteiger partial charge is 0.489 e. The summed E-state index contributed by atoms with van der Waals surface area (Å²) in [6, 6.07) is 7.33. The molecule has 0 bridgehead atoms. The molecule has 2 fully saturated rings. The average molecular weight is 284 g/mol. The fraction of sp³-hybridized carbons (Fsp3) is 0.571. The quantitative estimate of drug-likeness (QED) is 0.905. The van der Waals surface area contributed by atoms with Gasteiger partial charge in [-0.15, -0.1) is 0 Å². The van der Waals surface area contributed by atoms with E-state index in [1.165, 1.54) is 0 Å². The van der Waals surface area contributed by atoms with Crippen molar-refractivity contribution in [3.8, 4) is 5.75 Å². The lowest BCUT2D eigenvalue weighted by molar-refractivity contribution is -0.195. The zero-order chi connectivity index (χ0) is 13.3.